The lowest BCUT2D eigenvalue weighted by Crippen LogP contribution is -2.51. The fourth-order valence-corrected chi connectivity index (χ4v) is 2.95. The number of nitrogens with one attached hydrogen (secondary N) is 2. The van der Waals surface area contributed by atoms with Gasteiger partial charge in [0.1, 0.15) is 5.57 Å². The Kier molecular flexibility index (Phi) is 4.64. The molecule has 0 bridgehead atoms. The molecule has 1 aliphatic rings. The van der Waals surface area contributed by atoms with E-state index in [1.807, 2.05) is 41.0 Å². The number of nitrogens with zero attached hydrogens (tertiary/aromatic N) is 3. The number of rotatable bonds is 4. The maximum absolute atomic E-state index is 12.0. The molecule has 1 fully saturated rings. The van der Waals surface area contributed by atoms with Crippen molar-refractivity contribution < 1.29 is 19.3 Å². The number of benzene rings is 2. The van der Waals surface area contributed by atoms with Gasteiger partial charge in [-0.05, 0) is 36.4 Å². The number of carbonyl (C=O) groups is 3. The summed E-state index contributed by atoms with van der Waals surface area (Å²) >= 11 is 0. The van der Waals surface area contributed by atoms with Crippen LogP contribution >= 0.6 is 0 Å². The fraction of sp³-hybridized carbons (Fsp3) is 0. The van der Waals surface area contributed by atoms with Gasteiger partial charge in [-0.15, -0.1) is 0 Å². The molecule has 0 radical (unpaired) electrons. The molecule has 0 saturated carbocycles. The van der Waals surface area contributed by atoms with Crippen molar-refractivity contribution in [1.82, 2.24) is 20.4 Å². The number of aromatic nitrogens is 2. The molecule has 2 N–H and O–H groups in total. The van der Waals surface area contributed by atoms with Crippen LogP contribution in [0.3, 0.4) is 0 Å². The van der Waals surface area contributed by atoms with E-state index < -0.39 is 22.8 Å². The Bertz CT molecular complexity index is 1190. The van der Waals surface area contributed by atoms with Crippen LogP contribution in [0.2, 0.25) is 0 Å². The van der Waals surface area contributed by atoms with Crippen molar-refractivity contribution in [2.45, 2.75) is 0 Å². The molecule has 148 valence electrons. The second-order valence-electron chi connectivity index (χ2n) is 6.30. The number of urea groups is 1. The van der Waals surface area contributed by atoms with Gasteiger partial charge >= 0.3 is 6.03 Å². The van der Waals surface area contributed by atoms with E-state index >= 15 is 0 Å². The highest BCUT2D eigenvalue weighted by Gasteiger charge is 2.28. The van der Waals surface area contributed by atoms with Crippen molar-refractivity contribution in [1.29, 1.82) is 0 Å². The summed E-state index contributed by atoms with van der Waals surface area (Å²) in [4.78, 5) is 45.7. The van der Waals surface area contributed by atoms with Gasteiger partial charge in [0.2, 0.25) is 0 Å². The van der Waals surface area contributed by atoms with Crippen LogP contribution in [0.15, 0.2) is 66.2 Å². The van der Waals surface area contributed by atoms with Crippen molar-refractivity contribution in [2.75, 3.05) is 0 Å². The van der Waals surface area contributed by atoms with E-state index in [1.165, 1.54) is 18.2 Å². The minimum atomic E-state index is -0.886. The standard InChI is InChI=1S/C20H13N5O5/c26-18-16(19(27)22-20(28)21-18)10-13-11-17(12-6-8-15(9-7-12)25(29)30)24(23-13)14-4-2-1-3-5-14/h1-11H,(H2,21,22,26,27,28). The van der Waals surface area contributed by atoms with E-state index in [0.29, 0.717) is 22.6 Å². The number of hydrogen-bond acceptors (Lipinski definition) is 6. The van der Waals surface area contributed by atoms with Gasteiger partial charge in [-0.3, -0.25) is 30.3 Å². The molecule has 0 unspecified atom stereocenters. The summed E-state index contributed by atoms with van der Waals surface area (Å²) in [6.07, 6.45) is 1.27. The van der Waals surface area contributed by atoms with Gasteiger partial charge in [-0.2, -0.15) is 5.10 Å². The number of nitro groups is 1. The first kappa shape index (κ1) is 18.7. The molecular weight excluding hydrogens is 390 g/mol. The molecule has 2 heterocycles. The third kappa shape index (κ3) is 3.56. The first-order valence-corrected chi connectivity index (χ1v) is 8.71. The predicted molar refractivity (Wildman–Crippen MR) is 105 cm³/mol. The lowest BCUT2D eigenvalue weighted by molar-refractivity contribution is -0.384. The minimum absolute atomic E-state index is 0.0490. The monoisotopic (exact) mass is 403 g/mol. The number of amides is 4. The normalized spacial score (nSPS) is 13.6. The third-order valence-electron chi connectivity index (χ3n) is 4.34. The Morgan fingerprint density at radius 3 is 2.17 bits per heavy atom. The Morgan fingerprint density at radius 2 is 1.57 bits per heavy atom. The highest BCUT2D eigenvalue weighted by molar-refractivity contribution is 6.31. The van der Waals surface area contributed by atoms with E-state index in [-0.39, 0.29) is 11.3 Å². The number of nitro benzene ring substituents is 1. The van der Waals surface area contributed by atoms with Crippen LogP contribution in [0.1, 0.15) is 5.69 Å². The van der Waals surface area contributed by atoms with Crippen LogP contribution in [-0.2, 0) is 9.59 Å². The van der Waals surface area contributed by atoms with Crippen LogP contribution in [-0.4, -0.2) is 32.5 Å². The molecular formula is C20H13N5O5. The number of para-hydroxylation sites is 1. The number of imide groups is 2. The molecule has 0 spiro atoms. The van der Waals surface area contributed by atoms with Crippen molar-refractivity contribution in [3.63, 3.8) is 0 Å². The van der Waals surface area contributed by atoms with E-state index in [0.717, 1.165) is 0 Å². The van der Waals surface area contributed by atoms with Crippen LogP contribution in [0.5, 0.6) is 0 Å². The molecule has 0 aliphatic carbocycles. The summed E-state index contributed by atoms with van der Waals surface area (Å²) in [5.74, 6) is -1.65. The van der Waals surface area contributed by atoms with Crippen molar-refractivity contribution in [2.24, 2.45) is 0 Å². The average Bonchev–Trinajstić information content (AvgIpc) is 3.15. The van der Waals surface area contributed by atoms with Crippen LogP contribution in [0.25, 0.3) is 23.0 Å². The summed E-state index contributed by atoms with van der Waals surface area (Å²) in [5.41, 5.74) is 1.93. The van der Waals surface area contributed by atoms with Crippen LogP contribution < -0.4 is 10.6 Å². The van der Waals surface area contributed by atoms with Gasteiger partial charge in [0.15, 0.2) is 0 Å². The van der Waals surface area contributed by atoms with E-state index in [9.17, 15) is 24.5 Å². The molecule has 1 saturated heterocycles. The highest BCUT2D eigenvalue weighted by atomic mass is 16.6. The van der Waals surface area contributed by atoms with Crippen molar-refractivity contribution in [3.8, 4) is 16.9 Å². The topological polar surface area (TPSA) is 136 Å². The molecule has 4 rings (SSSR count). The zero-order valence-electron chi connectivity index (χ0n) is 15.2. The van der Waals surface area contributed by atoms with Gasteiger partial charge in [-0.1, -0.05) is 18.2 Å². The van der Waals surface area contributed by atoms with Crippen LogP contribution in [0, 0.1) is 10.1 Å². The van der Waals surface area contributed by atoms with Gasteiger partial charge in [-0.25, -0.2) is 9.48 Å². The smallest absolute Gasteiger partial charge is 0.273 e. The molecule has 0 atom stereocenters. The fourth-order valence-electron chi connectivity index (χ4n) is 2.95. The first-order chi connectivity index (χ1) is 14.4. The zero-order valence-corrected chi connectivity index (χ0v) is 15.2. The number of barbiturate groups is 1. The maximum Gasteiger partial charge on any atom is 0.328 e. The van der Waals surface area contributed by atoms with E-state index in [4.69, 9.17) is 0 Å². The second kappa shape index (κ2) is 7.43. The first-order valence-electron chi connectivity index (χ1n) is 8.71. The molecule has 10 heteroatoms. The summed E-state index contributed by atoms with van der Waals surface area (Å²) in [6.45, 7) is 0. The summed E-state index contributed by atoms with van der Waals surface area (Å²) < 4.78 is 1.59. The van der Waals surface area contributed by atoms with Crippen LogP contribution in [0.4, 0.5) is 10.5 Å². The Morgan fingerprint density at radius 1 is 0.933 bits per heavy atom. The van der Waals surface area contributed by atoms with Gasteiger partial charge in [0, 0.05) is 17.7 Å². The molecule has 1 aliphatic heterocycles. The van der Waals surface area contributed by atoms with E-state index in [1.54, 1.807) is 22.9 Å². The number of hydrogen-bond donors (Lipinski definition) is 2. The molecule has 1 aromatic heterocycles. The summed E-state index contributed by atoms with van der Waals surface area (Å²) in [5, 5.41) is 19.4. The minimum Gasteiger partial charge on any atom is -0.273 e. The zero-order chi connectivity index (χ0) is 21.3. The summed E-state index contributed by atoms with van der Waals surface area (Å²) in [7, 11) is 0. The second-order valence-corrected chi connectivity index (χ2v) is 6.30. The molecule has 10 nitrogen and oxygen atoms in total. The predicted octanol–water partition coefficient (Wildman–Crippen LogP) is 2.20. The lowest BCUT2D eigenvalue weighted by atomic mass is 10.1. The maximum atomic E-state index is 12.0. The largest absolute Gasteiger partial charge is 0.328 e. The third-order valence-corrected chi connectivity index (χ3v) is 4.34. The SMILES string of the molecule is O=C1NC(=O)C(=Cc2cc(-c3ccc([N+](=O)[O-])cc3)n(-c3ccccc3)n2)C(=O)N1. The quantitative estimate of drug-likeness (QED) is 0.297. The molecule has 3 aromatic rings. The average molecular weight is 403 g/mol. The summed E-state index contributed by atoms with van der Waals surface area (Å²) in [6, 6.07) is 15.8. The number of carbonyl (C=O) groups excluding carboxylic acids is 3. The Balaban J connectivity index is 1.81. The molecule has 4 amide bonds. The Hall–Kier alpha value is -4.60. The van der Waals surface area contributed by atoms with Gasteiger partial charge in [0.05, 0.1) is 22.0 Å². The van der Waals surface area contributed by atoms with E-state index in [2.05, 4.69) is 5.10 Å². The van der Waals surface area contributed by atoms with Gasteiger partial charge < -0.3 is 0 Å². The lowest BCUT2D eigenvalue weighted by Gasteiger charge is -2.13. The molecule has 2 aromatic carbocycles. The van der Waals surface area contributed by atoms with Crippen molar-refractivity contribution >= 4 is 29.6 Å². The molecule has 30 heavy (non-hydrogen) atoms. The van der Waals surface area contributed by atoms with Crippen molar-refractivity contribution in [3.05, 3.63) is 82.0 Å². The highest BCUT2D eigenvalue weighted by Crippen LogP contribution is 2.27. The Labute approximate surface area is 169 Å². The number of non-ortho nitro benzene ring substituents is 1. The van der Waals surface area contributed by atoms with Gasteiger partial charge in [0.25, 0.3) is 17.5 Å².